The highest BCUT2D eigenvalue weighted by atomic mass is 15.1. The van der Waals surface area contributed by atoms with Gasteiger partial charge >= 0.3 is 0 Å². The van der Waals surface area contributed by atoms with Crippen LogP contribution in [0.15, 0.2) is 187 Å². The minimum atomic E-state index is -0.304. The van der Waals surface area contributed by atoms with Gasteiger partial charge in [0, 0.05) is 45.7 Å². The van der Waals surface area contributed by atoms with Crippen LogP contribution in [0.3, 0.4) is 0 Å². The summed E-state index contributed by atoms with van der Waals surface area (Å²) in [6, 6.07) is 36.4. The minimum absolute atomic E-state index is 0.0637. The number of anilines is 2. The Morgan fingerprint density at radius 3 is 2.35 bits per heavy atom. The molecule has 1 nitrogen and oxygen atoms in total. The monoisotopic (exact) mass is 669 g/mol. The van der Waals surface area contributed by atoms with Gasteiger partial charge in [-0.2, -0.15) is 0 Å². The summed E-state index contributed by atoms with van der Waals surface area (Å²) in [5, 5.41) is 0. The molecule has 5 unspecified atom stereocenters. The molecule has 4 aromatic carbocycles. The first-order chi connectivity index (χ1) is 25.5. The van der Waals surface area contributed by atoms with Crippen molar-refractivity contribution in [2.75, 3.05) is 4.90 Å². The fraction of sp³-hybridized carbons (Fsp3) is 0.176. The molecule has 252 valence electrons. The van der Waals surface area contributed by atoms with Crippen molar-refractivity contribution in [3.05, 3.63) is 221 Å². The van der Waals surface area contributed by atoms with E-state index in [1.807, 2.05) is 6.08 Å². The molecule has 0 heterocycles. The van der Waals surface area contributed by atoms with Gasteiger partial charge in [0.15, 0.2) is 0 Å². The largest absolute Gasteiger partial charge is 0.311 e. The first-order valence-corrected chi connectivity index (χ1v) is 18.6. The second-order valence-electron chi connectivity index (χ2n) is 15.0. The van der Waals surface area contributed by atoms with Gasteiger partial charge in [-0.25, -0.2) is 0 Å². The van der Waals surface area contributed by atoms with Gasteiger partial charge in [0.05, 0.1) is 0 Å². The number of hydrogen-bond acceptors (Lipinski definition) is 1. The summed E-state index contributed by atoms with van der Waals surface area (Å²) in [5.41, 5.74) is 13.9. The molecule has 9 rings (SSSR count). The summed E-state index contributed by atoms with van der Waals surface area (Å²) in [7, 11) is 0. The SMILES string of the molecule is C#C/C=C\C1=C(C)C2(c3cc(N(C4=CCC(C)(c5ccccc5)C=C4)c4ccc(C5C=CC=CC5)cc4)ccc31)c1ccccc1C1C=CC=CC12. The third-order valence-corrected chi connectivity index (χ3v) is 12.3. The highest BCUT2D eigenvalue weighted by Gasteiger charge is 2.56. The molecule has 0 N–H and O–H groups in total. The van der Waals surface area contributed by atoms with Gasteiger partial charge in [-0.05, 0) is 107 Å². The Kier molecular flexibility index (Phi) is 7.86. The average molecular weight is 670 g/mol. The van der Waals surface area contributed by atoms with Gasteiger partial charge in [-0.1, -0.05) is 146 Å². The molecule has 0 aliphatic heterocycles. The zero-order valence-corrected chi connectivity index (χ0v) is 29.9. The quantitative estimate of drug-likeness (QED) is 0.185. The molecule has 0 bridgehead atoms. The van der Waals surface area contributed by atoms with Crippen LogP contribution in [0.4, 0.5) is 11.4 Å². The van der Waals surface area contributed by atoms with Gasteiger partial charge in [-0.15, -0.1) is 6.42 Å². The van der Waals surface area contributed by atoms with Crippen LogP contribution in [-0.4, -0.2) is 0 Å². The number of hydrogen-bond donors (Lipinski definition) is 0. The molecule has 0 saturated heterocycles. The van der Waals surface area contributed by atoms with Crippen molar-refractivity contribution in [1.82, 2.24) is 0 Å². The number of benzene rings is 4. The zero-order valence-electron chi connectivity index (χ0n) is 29.9. The number of rotatable bonds is 6. The van der Waals surface area contributed by atoms with Crippen LogP contribution in [0, 0.1) is 18.3 Å². The van der Waals surface area contributed by atoms with Crippen molar-refractivity contribution in [1.29, 1.82) is 0 Å². The van der Waals surface area contributed by atoms with E-state index in [2.05, 4.69) is 195 Å². The topological polar surface area (TPSA) is 3.24 Å². The fourth-order valence-corrected chi connectivity index (χ4v) is 9.68. The van der Waals surface area contributed by atoms with E-state index in [1.165, 1.54) is 50.2 Å². The van der Waals surface area contributed by atoms with Crippen LogP contribution >= 0.6 is 0 Å². The molecule has 5 atom stereocenters. The Hall–Kier alpha value is -5.84. The molecule has 0 saturated carbocycles. The molecule has 52 heavy (non-hydrogen) atoms. The molecule has 0 radical (unpaired) electrons. The molecule has 5 aliphatic carbocycles. The molecule has 5 aliphatic rings. The summed E-state index contributed by atoms with van der Waals surface area (Å²) < 4.78 is 0. The zero-order chi connectivity index (χ0) is 35.3. The minimum Gasteiger partial charge on any atom is -0.311 e. The standard InChI is InChI=1S/C51H43N/c1-4-5-20-43-36(2)51(47-23-14-12-21-44(47)45-22-13-15-24-48(45)51)49-35-42(29-30-46(43)49)52(40-27-25-38(26-28-40)37-16-8-6-9-17-37)41-31-33-50(3,34-32-41)39-18-10-7-11-19-39/h1,5-16,18-33,35,37,44,47H,17,34H2,2-3H3/b20-5-. The highest BCUT2D eigenvalue weighted by molar-refractivity contribution is 5.91. The number of allylic oxidation sites excluding steroid dienone is 15. The lowest BCUT2D eigenvalue weighted by molar-refractivity contribution is 0.456. The summed E-state index contributed by atoms with van der Waals surface area (Å²) in [6.07, 6.45) is 37.2. The van der Waals surface area contributed by atoms with Gasteiger partial charge in [0.1, 0.15) is 0 Å². The maximum Gasteiger partial charge on any atom is 0.0498 e. The van der Waals surface area contributed by atoms with E-state index in [1.54, 1.807) is 0 Å². The molecular formula is C51H43N. The Labute approximate surface area is 309 Å². The number of terminal acetylenes is 1. The van der Waals surface area contributed by atoms with E-state index in [0.29, 0.717) is 11.8 Å². The third kappa shape index (κ3) is 4.93. The Morgan fingerprint density at radius 1 is 0.808 bits per heavy atom. The van der Waals surface area contributed by atoms with Crippen LogP contribution in [0.25, 0.3) is 5.57 Å². The van der Waals surface area contributed by atoms with Crippen LogP contribution in [-0.2, 0) is 10.8 Å². The number of nitrogens with zero attached hydrogens (tertiary/aromatic N) is 1. The number of fused-ring (bicyclic) bond motifs is 7. The summed E-state index contributed by atoms with van der Waals surface area (Å²) >= 11 is 0. The van der Waals surface area contributed by atoms with E-state index in [9.17, 15) is 0 Å². The highest BCUT2D eigenvalue weighted by Crippen LogP contribution is 2.64. The second-order valence-corrected chi connectivity index (χ2v) is 15.0. The van der Waals surface area contributed by atoms with Crippen molar-refractivity contribution in [3.63, 3.8) is 0 Å². The van der Waals surface area contributed by atoms with Crippen molar-refractivity contribution < 1.29 is 0 Å². The summed E-state index contributed by atoms with van der Waals surface area (Å²) in [6.45, 7) is 4.68. The predicted molar refractivity (Wildman–Crippen MR) is 219 cm³/mol. The van der Waals surface area contributed by atoms with Crippen LogP contribution < -0.4 is 4.90 Å². The van der Waals surface area contributed by atoms with Crippen molar-refractivity contribution >= 4 is 16.9 Å². The lowest BCUT2D eigenvalue weighted by Crippen LogP contribution is -2.33. The lowest BCUT2D eigenvalue weighted by Gasteiger charge is -2.38. The first-order valence-electron chi connectivity index (χ1n) is 18.6. The van der Waals surface area contributed by atoms with E-state index < -0.39 is 0 Å². The molecule has 0 amide bonds. The van der Waals surface area contributed by atoms with Crippen molar-refractivity contribution in [2.24, 2.45) is 5.92 Å². The summed E-state index contributed by atoms with van der Waals surface area (Å²) in [5.74, 6) is 3.76. The van der Waals surface area contributed by atoms with E-state index >= 15 is 0 Å². The van der Waals surface area contributed by atoms with Crippen LogP contribution in [0.1, 0.15) is 71.9 Å². The third-order valence-electron chi connectivity index (χ3n) is 12.3. The van der Waals surface area contributed by atoms with Gasteiger partial charge < -0.3 is 4.90 Å². The smallest absolute Gasteiger partial charge is 0.0498 e. The van der Waals surface area contributed by atoms with Gasteiger partial charge in [-0.3, -0.25) is 0 Å². The molecule has 0 fully saturated rings. The normalized spacial score (nSPS) is 26.4. The Bertz CT molecular complexity index is 2350. The molecule has 0 aromatic heterocycles. The van der Waals surface area contributed by atoms with Crippen molar-refractivity contribution in [2.45, 2.75) is 49.4 Å². The molecule has 4 aromatic rings. The maximum absolute atomic E-state index is 5.82. The second kappa shape index (κ2) is 12.7. The molecular weight excluding hydrogens is 627 g/mol. The van der Waals surface area contributed by atoms with Gasteiger partial charge in [0.2, 0.25) is 0 Å². The maximum atomic E-state index is 5.82. The van der Waals surface area contributed by atoms with E-state index in [0.717, 1.165) is 24.2 Å². The van der Waals surface area contributed by atoms with Crippen molar-refractivity contribution in [3.8, 4) is 12.3 Å². The average Bonchev–Trinajstić information content (AvgIpc) is 3.64. The Morgan fingerprint density at radius 2 is 1.58 bits per heavy atom. The van der Waals surface area contributed by atoms with E-state index in [4.69, 9.17) is 6.42 Å². The molecule has 1 spiro atoms. The van der Waals surface area contributed by atoms with Crippen LogP contribution in [0.2, 0.25) is 0 Å². The molecule has 1 heteroatoms. The predicted octanol–water partition coefficient (Wildman–Crippen LogP) is 12.3. The van der Waals surface area contributed by atoms with Crippen LogP contribution in [0.5, 0.6) is 0 Å². The van der Waals surface area contributed by atoms with Gasteiger partial charge in [0.25, 0.3) is 0 Å². The van der Waals surface area contributed by atoms with E-state index in [-0.39, 0.29) is 16.7 Å². The Balaban J connectivity index is 1.21. The summed E-state index contributed by atoms with van der Waals surface area (Å²) in [4.78, 5) is 2.47. The fourth-order valence-electron chi connectivity index (χ4n) is 9.68. The lowest BCUT2D eigenvalue weighted by atomic mass is 9.65. The first kappa shape index (κ1) is 32.1.